The fourth-order valence-corrected chi connectivity index (χ4v) is 3.39. The monoisotopic (exact) mass is 370 g/mol. The van der Waals surface area contributed by atoms with Crippen LogP contribution >= 0.6 is 11.8 Å². The smallest absolute Gasteiger partial charge is 0.251 e. The molecule has 7 heteroatoms. The van der Waals surface area contributed by atoms with Gasteiger partial charge in [-0.15, -0.1) is 0 Å². The normalized spacial score (nSPS) is 11.2. The lowest BCUT2D eigenvalue weighted by molar-refractivity contribution is -0.118. The minimum absolute atomic E-state index is 0.0764. The predicted molar refractivity (Wildman–Crippen MR) is 105 cm³/mol. The Morgan fingerprint density at radius 3 is 2.92 bits per heavy atom. The second kappa shape index (κ2) is 8.23. The SMILES string of the molecule is CC(C)c1cc(=O)[nH]c(SCC(=O)NCCc2c[nH]c3ccccc23)n1. The second-order valence-corrected chi connectivity index (χ2v) is 7.34. The molecular formula is C19H22N4O2S. The van der Waals surface area contributed by atoms with E-state index in [-0.39, 0.29) is 23.1 Å². The summed E-state index contributed by atoms with van der Waals surface area (Å²) in [6, 6.07) is 9.61. The zero-order chi connectivity index (χ0) is 18.5. The van der Waals surface area contributed by atoms with E-state index in [1.807, 2.05) is 38.2 Å². The fraction of sp³-hybridized carbons (Fsp3) is 0.316. The number of thioether (sulfide) groups is 1. The van der Waals surface area contributed by atoms with Crippen molar-refractivity contribution < 1.29 is 4.79 Å². The Hall–Kier alpha value is -2.54. The van der Waals surface area contributed by atoms with E-state index in [9.17, 15) is 9.59 Å². The van der Waals surface area contributed by atoms with Crippen molar-refractivity contribution in [3.8, 4) is 0 Å². The number of H-pyrrole nitrogens is 2. The number of aromatic amines is 2. The minimum Gasteiger partial charge on any atom is -0.361 e. The standard InChI is InChI=1S/C19H22N4O2S/c1-12(2)16-9-17(24)23-19(22-16)26-11-18(25)20-8-7-13-10-21-15-6-4-3-5-14(13)15/h3-6,9-10,12,21H,7-8,11H2,1-2H3,(H,20,25)(H,22,23,24). The summed E-state index contributed by atoms with van der Waals surface area (Å²) in [4.78, 5) is 34.0. The highest BCUT2D eigenvalue weighted by Gasteiger charge is 2.09. The maximum atomic E-state index is 12.1. The van der Waals surface area contributed by atoms with Gasteiger partial charge in [-0.2, -0.15) is 0 Å². The van der Waals surface area contributed by atoms with Crippen LogP contribution < -0.4 is 10.9 Å². The molecule has 3 aromatic rings. The van der Waals surface area contributed by atoms with Gasteiger partial charge in [0.1, 0.15) is 0 Å². The van der Waals surface area contributed by atoms with Crippen LogP contribution in [0.5, 0.6) is 0 Å². The molecule has 0 unspecified atom stereocenters. The second-order valence-electron chi connectivity index (χ2n) is 6.38. The Balaban J connectivity index is 1.50. The number of para-hydroxylation sites is 1. The highest BCUT2D eigenvalue weighted by molar-refractivity contribution is 7.99. The number of benzene rings is 1. The van der Waals surface area contributed by atoms with Crippen LogP contribution in [0.3, 0.4) is 0 Å². The summed E-state index contributed by atoms with van der Waals surface area (Å²) >= 11 is 1.24. The molecule has 0 saturated carbocycles. The number of nitrogens with one attached hydrogen (secondary N) is 3. The highest BCUT2D eigenvalue weighted by Crippen LogP contribution is 2.18. The van der Waals surface area contributed by atoms with Crippen molar-refractivity contribution in [1.82, 2.24) is 20.3 Å². The molecular weight excluding hydrogens is 348 g/mol. The summed E-state index contributed by atoms with van der Waals surface area (Å²) in [5.41, 5.74) is 2.83. The third kappa shape index (κ3) is 4.54. The molecule has 6 nitrogen and oxygen atoms in total. The van der Waals surface area contributed by atoms with Gasteiger partial charge in [-0.05, 0) is 24.0 Å². The molecule has 2 heterocycles. The molecule has 0 atom stereocenters. The first-order valence-corrected chi connectivity index (χ1v) is 9.57. The molecule has 3 rings (SSSR count). The van der Waals surface area contributed by atoms with Crippen LogP contribution in [0.1, 0.15) is 31.0 Å². The van der Waals surface area contributed by atoms with Crippen LogP contribution in [0, 0.1) is 0 Å². The lowest BCUT2D eigenvalue weighted by atomic mass is 10.1. The number of amides is 1. The minimum atomic E-state index is -0.189. The van der Waals surface area contributed by atoms with Crippen LogP contribution in [-0.4, -0.2) is 33.2 Å². The Morgan fingerprint density at radius 2 is 2.12 bits per heavy atom. The van der Waals surface area contributed by atoms with Gasteiger partial charge in [0, 0.05) is 29.7 Å². The van der Waals surface area contributed by atoms with Crippen LogP contribution in [0.4, 0.5) is 0 Å². The van der Waals surface area contributed by atoms with Gasteiger partial charge >= 0.3 is 0 Å². The first kappa shape index (κ1) is 18.3. The van der Waals surface area contributed by atoms with Gasteiger partial charge < -0.3 is 15.3 Å². The van der Waals surface area contributed by atoms with Gasteiger partial charge in [0.2, 0.25) is 5.91 Å². The van der Waals surface area contributed by atoms with Gasteiger partial charge in [-0.3, -0.25) is 9.59 Å². The number of hydrogen-bond donors (Lipinski definition) is 3. The number of nitrogens with zero attached hydrogens (tertiary/aromatic N) is 1. The van der Waals surface area contributed by atoms with E-state index in [0.29, 0.717) is 11.7 Å². The summed E-state index contributed by atoms with van der Waals surface area (Å²) < 4.78 is 0. The first-order chi connectivity index (χ1) is 12.5. The summed E-state index contributed by atoms with van der Waals surface area (Å²) in [5.74, 6) is 0.312. The van der Waals surface area contributed by atoms with Crippen molar-refractivity contribution in [1.29, 1.82) is 0 Å². The molecule has 136 valence electrons. The molecule has 26 heavy (non-hydrogen) atoms. The van der Waals surface area contributed by atoms with Gasteiger partial charge in [0.25, 0.3) is 5.56 Å². The molecule has 0 aliphatic heterocycles. The molecule has 2 aromatic heterocycles. The molecule has 1 amide bonds. The number of carbonyl (C=O) groups is 1. The number of hydrogen-bond acceptors (Lipinski definition) is 4. The van der Waals surface area contributed by atoms with E-state index in [1.54, 1.807) is 0 Å². The van der Waals surface area contributed by atoms with Crippen molar-refractivity contribution in [3.05, 3.63) is 58.1 Å². The number of fused-ring (bicyclic) bond motifs is 1. The summed E-state index contributed by atoms with van der Waals surface area (Å²) in [5, 5.41) is 4.58. The van der Waals surface area contributed by atoms with Crippen LogP contribution in [0.25, 0.3) is 10.9 Å². The van der Waals surface area contributed by atoms with E-state index >= 15 is 0 Å². The third-order valence-electron chi connectivity index (χ3n) is 4.06. The van der Waals surface area contributed by atoms with E-state index in [2.05, 4.69) is 26.3 Å². The van der Waals surface area contributed by atoms with Crippen molar-refractivity contribution in [2.75, 3.05) is 12.3 Å². The molecule has 0 saturated heterocycles. The Morgan fingerprint density at radius 1 is 1.31 bits per heavy atom. The van der Waals surface area contributed by atoms with Crippen molar-refractivity contribution in [3.63, 3.8) is 0 Å². The Bertz CT molecular complexity index is 961. The summed E-state index contributed by atoms with van der Waals surface area (Å²) in [7, 11) is 0. The van der Waals surface area contributed by atoms with Crippen LogP contribution in [0.2, 0.25) is 0 Å². The topological polar surface area (TPSA) is 90.6 Å². The third-order valence-corrected chi connectivity index (χ3v) is 4.94. The average Bonchev–Trinajstić information content (AvgIpc) is 3.03. The maximum absolute atomic E-state index is 12.1. The Kier molecular flexibility index (Phi) is 5.78. The van der Waals surface area contributed by atoms with Crippen LogP contribution in [0.15, 0.2) is 46.5 Å². The summed E-state index contributed by atoms with van der Waals surface area (Å²) in [6.45, 7) is 4.53. The van der Waals surface area contributed by atoms with Gasteiger partial charge in [-0.25, -0.2) is 4.98 Å². The van der Waals surface area contributed by atoms with E-state index in [4.69, 9.17) is 0 Å². The highest BCUT2D eigenvalue weighted by atomic mass is 32.2. The molecule has 0 spiro atoms. The zero-order valence-electron chi connectivity index (χ0n) is 14.8. The number of rotatable bonds is 7. The lowest BCUT2D eigenvalue weighted by Crippen LogP contribution is -2.27. The molecule has 0 bridgehead atoms. The van der Waals surface area contributed by atoms with E-state index in [0.717, 1.165) is 17.6 Å². The molecule has 3 N–H and O–H groups in total. The van der Waals surface area contributed by atoms with Crippen LogP contribution in [-0.2, 0) is 11.2 Å². The predicted octanol–water partition coefficient (Wildman–Crippen LogP) is 2.83. The average molecular weight is 370 g/mol. The first-order valence-electron chi connectivity index (χ1n) is 8.58. The molecule has 0 fully saturated rings. The fourth-order valence-electron chi connectivity index (χ4n) is 2.68. The molecule has 1 aromatic carbocycles. The van der Waals surface area contributed by atoms with Crippen molar-refractivity contribution >= 4 is 28.6 Å². The Labute approximate surface area is 155 Å². The van der Waals surface area contributed by atoms with Gasteiger partial charge in [0.05, 0.1) is 11.4 Å². The number of carbonyl (C=O) groups excluding carboxylic acids is 1. The lowest BCUT2D eigenvalue weighted by Gasteiger charge is -2.07. The summed E-state index contributed by atoms with van der Waals surface area (Å²) in [6.07, 6.45) is 2.75. The van der Waals surface area contributed by atoms with Crippen molar-refractivity contribution in [2.24, 2.45) is 0 Å². The maximum Gasteiger partial charge on any atom is 0.251 e. The van der Waals surface area contributed by atoms with Gasteiger partial charge in [-0.1, -0.05) is 43.8 Å². The molecule has 0 aliphatic rings. The van der Waals surface area contributed by atoms with Gasteiger partial charge in [0.15, 0.2) is 5.16 Å². The quantitative estimate of drug-likeness (QED) is 0.441. The zero-order valence-corrected chi connectivity index (χ0v) is 15.7. The largest absolute Gasteiger partial charge is 0.361 e. The number of aromatic nitrogens is 3. The van der Waals surface area contributed by atoms with E-state index < -0.39 is 0 Å². The van der Waals surface area contributed by atoms with E-state index in [1.165, 1.54) is 28.8 Å². The van der Waals surface area contributed by atoms with Crippen molar-refractivity contribution in [2.45, 2.75) is 31.3 Å². The molecule has 0 radical (unpaired) electrons. The molecule has 0 aliphatic carbocycles.